The molecule has 0 saturated heterocycles. The normalized spacial score (nSPS) is 30.9. The first-order chi connectivity index (χ1) is 16.4. The van der Waals surface area contributed by atoms with Crippen LogP contribution < -0.4 is 10.1 Å². The van der Waals surface area contributed by atoms with Crippen molar-refractivity contribution in [3.8, 4) is 5.75 Å². The number of aryl methyl sites for hydroxylation is 1. The van der Waals surface area contributed by atoms with Crippen molar-refractivity contribution in [2.75, 3.05) is 12.4 Å². The fourth-order valence-corrected chi connectivity index (χ4v) is 7.36. The van der Waals surface area contributed by atoms with Crippen molar-refractivity contribution < 1.29 is 9.53 Å². The molecule has 3 unspecified atom stereocenters. The number of nitrogens with zero attached hydrogens (tertiary/aromatic N) is 2. The maximum absolute atomic E-state index is 12.7. The van der Waals surface area contributed by atoms with Crippen molar-refractivity contribution in [2.45, 2.75) is 57.8 Å². The van der Waals surface area contributed by atoms with E-state index in [2.05, 4.69) is 34.5 Å². The summed E-state index contributed by atoms with van der Waals surface area (Å²) in [4.78, 5) is 17.0. The summed E-state index contributed by atoms with van der Waals surface area (Å²) in [7, 11) is 1.59. The Labute approximate surface area is 205 Å². The minimum absolute atomic E-state index is 0.0639. The number of amides is 1. The third kappa shape index (κ3) is 4.06. The molecule has 2 aromatic rings. The van der Waals surface area contributed by atoms with E-state index in [1.165, 1.54) is 11.1 Å². The van der Waals surface area contributed by atoms with Crippen molar-refractivity contribution in [3.63, 3.8) is 0 Å². The molecule has 0 bridgehead atoms. The molecule has 2 fully saturated rings. The van der Waals surface area contributed by atoms with Crippen LogP contribution in [0.5, 0.6) is 5.75 Å². The van der Waals surface area contributed by atoms with Crippen molar-refractivity contribution in [3.05, 3.63) is 57.9 Å². The van der Waals surface area contributed by atoms with Gasteiger partial charge in [-0.15, -0.1) is 0 Å². The highest BCUT2D eigenvalue weighted by atomic mass is 35.5. The van der Waals surface area contributed by atoms with E-state index in [9.17, 15) is 10.0 Å². The second-order valence-electron chi connectivity index (χ2n) is 10.3. The second kappa shape index (κ2) is 9.21. The lowest BCUT2D eigenvalue weighted by atomic mass is 9.54. The Bertz CT molecular complexity index is 1120. The van der Waals surface area contributed by atoms with Gasteiger partial charge in [-0.1, -0.05) is 24.6 Å². The molecule has 6 nitrogen and oxygen atoms in total. The highest BCUT2D eigenvalue weighted by Crippen LogP contribution is 2.62. The van der Waals surface area contributed by atoms with Crippen molar-refractivity contribution in [1.82, 2.24) is 4.98 Å². The molecule has 0 radical (unpaired) electrons. The number of carbonyl (C=O) groups is 1. The third-order valence-electron chi connectivity index (χ3n) is 8.65. The molecule has 1 aromatic heterocycles. The monoisotopic (exact) mass is 480 g/mol. The number of ether oxygens (including phenoxy) is 1. The van der Waals surface area contributed by atoms with Crippen LogP contribution >= 0.6 is 11.6 Å². The Morgan fingerprint density at radius 3 is 2.97 bits per heavy atom. The van der Waals surface area contributed by atoms with Gasteiger partial charge in [-0.05, 0) is 91.5 Å². The van der Waals surface area contributed by atoms with E-state index in [-0.39, 0.29) is 17.2 Å². The fraction of sp³-hybridized carbons (Fsp3) is 0.519. The van der Waals surface area contributed by atoms with E-state index >= 15 is 0 Å². The van der Waals surface area contributed by atoms with Gasteiger partial charge >= 0.3 is 0 Å². The van der Waals surface area contributed by atoms with Gasteiger partial charge in [-0.3, -0.25) is 4.79 Å². The van der Waals surface area contributed by atoms with E-state index in [1.54, 1.807) is 25.4 Å². The van der Waals surface area contributed by atoms with Crippen molar-refractivity contribution in [2.24, 2.45) is 28.3 Å². The van der Waals surface area contributed by atoms with Crippen molar-refractivity contribution in [1.29, 1.82) is 0 Å². The standard InChI is InChI=1S/C27H32ClN3O3/c1-27-11-9-21-20-7-5-18(28)13-16(20)3-6-22(21)26(27)17(14-23(27)31-33)4-8-25(32)30-24-15-19(34-2)10-12-29-24/h5,7,10,12-13,15,17,21-22,26,33H,3-4,6,8-9,11,14H2,1-2H3,(H,29,30,32)/p-1/b31-23+/t17-,21?,22?,26?,27-/m1/s1. The Balaban J connectivity index is 1.33. The van der Waals surface area contributed by atoms with Gasteiger partial charge < -0.3 is 20.4 Å². The number of pyridine rings is 1. The number of aromatic nitrogens is 1. The largest absolute Gasteiger partial charge is 0.792 e. The summed E-state index contributed by atoms with van der Waals surface area (Å²) in [5.74, 6) is 2.71. The highest BCUT2D eigenvalue weighted by molar-refractivity contribution is 6.30. The summed E-state index contributed by atoms with van der Waals surface area (Å²) in [5, 5.41) is 19.1. The van der Waals surface area contributed by atoms with Crippen LogP contribution in [-0.2, 0) is 11.2 Å². The van der Waals surface area contributed by atoms with Gasteiger partial charge in [0.2, 0.25) is 5.91 Å². The second-order valence-corrected chi connectivity index (χ2v) is 10.7. The van der Waals surface area contributed by atoms with Crippen LogP contribution in [0.2, 0.25) is 5.02 Å². The number of rotatable bonds is 5. The molecule has 3 aliphatic rings. The molecule has 0 spiro atoms. The molecule has 7 heteroatoms. The molecular weight excluding hydrogens is 450 g/mol. The van der Waals surface area contributed by atoms with Gasteiger partial charge in [0.1, 0.15) is 11.6 Å². The van der Waals surface area contributed by atoms with Gasteiger partial charge in [0.05, 0.1) is 7.11 Å². The topological polar surface area (TPSA) is 86.6 Å². The molecule has 1 N–H and O–H groups in total. The van der Waals surface area contributed by atoms with E-state index in [0.29, 0.717) is 42.2 Å². The van der Waals surface area contributed by atoms with Crippen LogP contribution in [0.25, 0.3) is 0 Å². The Hall–Kier alpha value is -2.60. The molecule has 2 saturated carbocycles. The summed E-state index contributed by atoms with van der Waals surface area (Å²) in [5.41, 5.74) is 3.44. The maximum Gasteiger partial charge on any atom is 0.225 e. The first kappa shape index (κ1) is 23.2. The zero-order valence-corrected chi connectivity index (χ0v) is 20.5. The minimum Gasteiger partial charge on any atom is -0.792 e. The predicted molar refractivity (Wildman–Crippen MR) is 134 cm³/mol. The Morgan fingerprint density at radius 2 is 2.18 bits per heavy atom. The number of hydrogen-bond acceptors (Lipinski definition) is 5. The summed E-state index contributed by atoms with van der Waals surface area (Å²) < 4.78 is 5.21. The fourth-order valence-electron chi connectivity index (χ4n) is 7.17. The van der Waals surface area contributed by atoms with Crippen molar-refractivity contribution >= 4 is 29.0 Å². The average molecular weight is 481 g/mol. The van der Waals surface area contributed by atoms with Crippen LogP contribution in [0.15, 0.2) is 41.7 Å². The van der Waals surface area contributed by atoms with Crippen LogP contribution in [0, 0.1) is 28.4 Å². The van der Waals surface area contributed by atoms with Crippen LogP contribution in [0.3, 0.4) is 0 Å². The molecule has 1 amide bonds. The average Bonchev–Trinajstić information content (AvgIpc) is 3.14. The zero-order valence-electron chi connectivity index (χ0n) is 19.7. The minimum atomic E-state index is -0.164. The lowest BCUT2D eigenvalue weighted by Crippen LogP contribution is -2.44. The van der Waals surface area contributed by atoms with E-state index < -0.39 is 0 Å². The molecule has 1 heterocycles. The van der Waals surface area contributed by atoms with E-state index in [0.717, 1.165) is 42.8 Å². The van der Waals surface area contributed by atoms with Gasteiger partial charge in [-0.2, -0.15) is 0 Å². The summed E-state index contributed by atoms with van der Waals surface area (Å²) in [6.07, 6.45) is 7.61. The van der Waals surface area contributed by atoms with Gasteiger partial charge in [0.15, 0.2) is 0 Å². The lowest BCUT2D eigenvalue weighted by Gasteiger charge is -2.50. The molecule has 34 heavy (non-hydrogen) atoms. The molecule has 3 aliphatic carbocycles. The number of carbonyl (C=O) groups excluding carboxylic acids is 1. The number of hydrogen-bond donors (Lipinski definition) is 1. The van der Waals surface area contributed by atoms with Gasteiger partial charge in [0, 0.05) is 34.8 Å². The SMILES string of the molecule is COc1ccnc(NC(=O)CC[C@@H]2C/C(=N\[O-])[C@@]3(C)CCC4c5ccc(Cl)cc5CCC4C23)c1. The zero-order chi connectivity index (χ0) is 23.9. The number of methoxy groups -OCH3 is 1. The quantitative estimate of drug-likeness (QED) is 0.517. The predicted octanol–water partition coefficient (Wildman–Crippen LogP) is 6.18. The first-order valence-corrected chi connectivity index (χ1v) is 12.6. The number of benzene rings is 1. The molecule has 5 atom stereocenters. The lowest BCUT2D eigenvalue weighted by molar-refractivity contribution is -0.116. The Morgan fingerprint density at radius 1 is 1.32 bits per heavy atom. The molecule has 180 valence electrons. The van der Waals surface area contributed by atoms with E-state index in [1.807, 2.05) is 6.07 Å². The van der Waals surface area contributed by atoms with E-state index in [4.69, 9.17) is 16.3 Å². The number of halogens is 1. The van der Waals surface area contributed by atoms with Crippen LogP contribution in [0.1, 0.15) is 62.5 Å². The molecular formula is C27H31ClN3O3-. The smallest absolute Gasteiger partial charge is 0.225 e. The first-order valence-electron chi connectivity index (χ1n) is 12.2. The van der Waals surface area contributed by atoms with Crippen LogP contribution in [0.4, 0.5) is 5.82 Å². The van der Waals surface area contributed by atoms with Gasteiger partial charge in [-0.25, -0.2) is 4.98 Å². The number of fused-ring (bicyclic) bond motifs is 5. The summed E-state index contributed by atoms with van der Waals surface area (Å²) in [6, 6.07) is 9.79. The third-order valence-corrected chi connectivity index (χ3v) is 8.88. The van der Waals surface area contributed by atoms with Gasteiger partial charge in [0.25, 0.3) is 0 Å². The maximum atomic E-state index is 12.7. The molecule has 1 aromatic carbocycles. The molecule has 0 aliphatic heterocycles. The molecule has 5 rings (SSSR count). The highest BCUT2D eigenvalue weighted by Gasteiger charge is 2.56. The summed E-state index contributed by atoms with van der Waals surface area (Å²) >= 11 is 6.27. The van der Waals surface area contributed by atoms with Crippen LogP contribution in [-0.4, -0.2) is 23.7 Å². The summed E-state index contributed by atoms with van der Waals surface area (Å²) in [6.45, 7) is 2.24. The Kier molecular flexibility index (Phi) is 6.28. The number of nitrogens with one attached hydrogen (secondary N) is 1. The number of anilines is 1.